The molecule has 1 unspecified atom stereocenters. The van der Waals surface area contributed by atoms with E-state index in [1.807, 2.05) is 6.92 Å². The molecule has 106 valence electrons. The van der Waals surface area contributed by atoms with Gasteiger partial charge in [0.2, 0.25) is 13.7 Å². The monoisotopic (exact) mass is 277 g/mol. The lowest BCUT2D eigenvalue weighted by atomic mass is 10.0. The van der Waals surface area contributed by atoms with Crippen LogP contribution in [0.3, 0.4) is 0 Å². The van der Waals surface area contributed by atoms with E-state index in [-0.39, 0.29) is 11.7 Å². The van der Waals surface area contributed by atoms with Gasteiger partial charge in [-0.25, -0.2) is 4.98 Å². The molecular weight excluding hydrogens is 261 g/mol. The molecule has 7 nitrogen and oxygen atoms in total. The zero-order valence-electron chi connectivity index (χ0n) is 11.6. The maximum absolute atomic E-state index is 11.1. The molecule has 0 aromatic carbocycles. The van der Waals surface area contributed by atoms with E-state index in [0.717, 1.165) is 0 Å². The molecule has 0 saturated heterocycles. The van der Waals surface area contributed by atoms with E-state index >= 15 is 0 Å². The van der Waals surface area contributed by atoms with Gasteiger partial charge in [-0.15, -0.1) is 0 Å². The number of nitrogens with one attached hydrogen (secondary N) is 1. The lowest BCUT2D eigenvalue weighted by Crippen LogP contribution is -2.38. The lowest BCUT2D eigenvalue weighted by Gasteiger charge is -2.19. The normalized spacial score (nSPS) is 13.9. The van der Waals surface area contributed by atoms with Crippen molar-refractivity contribution in [3.8, 4) is 11.5 Å². The van der Waals surface area contributed by atoms with Gasteiger partial charge in [0.25, 0.3) is 0 Å². The summed E-state index contributed by atoms with van der Waals surface area (Å²) >= 11 is 0. The first-order valence-electron chi connectivity index (χ1n) is 6.35. The summed E-state index contributed by atoms with van der Waals surface area (Å²) in [6.45, 7) is 3.63. The van der Waals surface area contributed by atoms with E-state index in [9.17, 15) is 9.90 Å². The van der Waals surface area contributed by atoms with Crippen molar-refractivity contribution in [1.29, 1.82) is 0 Å². The number of rotatable bonds is 5. The highest BCUT2D eigenvalue weighted by atomic mass is 16.5. The van der Waals surface area contributed by atoms with Gasteiger partial charge < -0.3 is 19.4 Å². The van der Waals surface area contributed by atoms with Crippen molar-refractivity contribution in [3.05, 3.63) is 23.9 Å². The molecule has 1 amide bonds. The fourth-order valence-electron chi connectivity index (χ4n) is 1.86. The van der Waals surface area contributed by atoms with Gasteiger partial charge >= 0.3 is 0 Å². The van der Waals surface area contributed by atoms with Crippen molar-refractivity contribution in [3.63, 3.8) is 0 Å². The van der Waals surface area contributed by atoms with Crippen molar-refractivity contribution in [2.45, 2.75) is 32.4 Å². The van der Waals surface area contributed by atoms with Crippen LogP contribution in [0.15, 0.2) is 21.2 Å². The van der Waals surface area contributed by atoms with Gasteiger partial charge in [-0.3, -0.25) is 4.79 Å². The molecule has 0 aliphatic rings. The number of aliphatic hydroxyl groups excluding tert-OH is 1. The first kappa shape index (κ1) is 14.3. The Morgan fingerprint density at radius 2 is 2.35 bits per heavy atom. The number of hydrogen-bond acceptors (Lipinski definition) is 6. The van der Waals surface area contributed by atoms with Crippen LogP contribution in [0.2, 0.25) is 0 Å². The Bertz CT molecular complexity index is 595. The van der Waals surface area contributed by atoms with Gasteiger partial charge in [-0.2, -0.15) is 0 Å². The third-order valence-electron chi connectivity index (χ3n) is 2.87. The van der Waals surface area contributed by atoms with Crippen molar-refractivity contribution in [2.24, 2.45) is 0 Å². The van der Waals surface area contributed by atoms with Crippen LogP contribution < -0.4 is 5.32 Å². The van der Waals surface area contributed by atoms with Crippen molar-refractivity contribution < 1.29 is 18.8 Å². The predicted molar refractivity (Wildman–Crippen MR) is 72.9 cm³/mol. The summed E-state index contributed by atoms with van der Waals surface area (Å²) in [6.07, 6.45) is 1.02. The Balaban J connectivity index is 2.17. The van der Waals surface area contributed by atoms with Gasteiger partial charge in [-0.1, -0.05) is 12.1 Å². The van der Waals surface area contributed by atoms with Gasteiger partial charge in [0.1, 0.15) is 5.76 Å². The van der Waals surface area contributed by atoms with E-state index in [4.69, 9.17) is 8.94 Å². The maximum Gasteiger partial charge on any atom is 0.226 e. The SMILES string of the molecule is BC(=O)N[C@@H](CC)C(O)c1ncc(-c2cc(C)on2)o1. The van der Waals surface area contributed by atoms with Crippen LogP contribution in [0.25, 0.3) is 11.5 Å². The minimum atomic E-state index is -1.01. The van der Waals surface area contributed by atoms with Crippen LogP contribution in [0.1, 0.15) is 31.1 Å². The minimum absolute atomic E-state index is 0.140. The molecule has 2 rings (SSSR count). The van der Waals surface area contributed by atoms with E-state index in [0.29, 0.717) is 23.6 Å². The molecule has 0 spiro atoms. The predicted octanol–water partition coefficient (Wildman–Crippen LogP) is 0.793. The van der Waals surface area contributed by atoms with Crippen LogP contribution in [0.5, 0.6) is 0 Å². The molecule has 0 aliphatic carbocycles. The number of aryl methyl sites for hydroxylation is 1. The highest BCUT2D eigenvalue weighted by molar-refractivity contribution is 6.57. The highest BCUT2D eigenvalue weighted by Crippen LogP contribution is 2.24. The zero-order valence-corrected chi connectivity index (χ0v) is 11.6. The molecular formula is C12H16BN3O4. The average Bonchev–Trinajstić information content (AvgIpc) is 3.03. The molecule has 2 aromatic rings. The van der Waals surface area contributed by atoms with Crippen molar-refractivity contribution in [1.82, 2.24) is 15.5 Å². The van der Waals surface area contributed by atoms with Crippen LogP contribution in [0, 0.1) is 6.92 Å². The second-order valence-electron chi connectivity index (χ2n) is 4.55. The highest BCUT2D eigenvalue weighted by Gasteiger charge is 2.25. The summed E-state index contributed by atoms with van der Waals surface area (Å²) in [6, 6.07) is 1.26. The molecule has 0 radical (unpaired) electrons. The Labute approximate surface area is 116 Å². The quantitative estimate of drug-likeness (QED) is 0.783. The van der Waals surface area contributed by atoms with Crippen LogP contribution in [0.4, 0.5) is 4.79 Å². The number of carbonyl (C=O) groups is 1. The smallest absolute Gasteiger partial charge is 0.226 e. The molecule has 2 N–H and O–H groups in total. The molecule has 0 aliphatic heterocycles. The Morgan fingerprint density at radius 1 is 1.60 bits per heavy atom. The Morgan fingerprint density at radius 3 is 2.90 bits per heavy atom. The van der Waals surface area contributed by atoms with Gasteiger partial charge in [0, 0.05) is 6.07 Å². The number of aromatic nitrogens is 2. The molecule has 2 atom stereocenters. The van der Waals surface area contributed by atoms with Crippen LogP contribution in [-0.2, 0) is 0 Å². The number of amides is 1. The van der Waals surface area contributed by atoms with Crippen molar-refractivity contribution in [2.75, 3.05) is 0 Å². The van der Waals surface area contributed by atoms with Crippen LogP contribution >= 0.6 is 0 Å². The molecule has 2 aromatic heterocycles. The van der Waals surface area contributed by atoms with E-state index in [1.165, 1.54) is 14.0 Å². The maximum atomic E-state index is 11.1. The number of carbonyl (C=O) groups excluding carboxylic acids is 1. The van der Waals surface area contributed by atoms with Gasteiger partial charge in [0.05, 0.1) is 12.2 Å². The third kappa shape index (κ3) is 3.08. The number of hydrogen-bond donors (Lipinski definition) is 2. The standard InChI is InChI=1S/C12H16BN3O4/c1-3-7(15-12(13)18)10(17)11-14-5-9(19-11)8-4-6(2)20-16-8/h4-5,7,10,17H,3,13H2,1-2H3,(H,15,18)/t7-,10?/m0/s1. The summed E-state index contributed by atoms with van der Waals surface area (Å²) in [5, 5.41) is 16.6. The second-order valence-corrected chi connectivity index (χ2v) is 4.55. The number of nitrogens with zero attached hydrogens (tertiary/aromatic N) is 2. The van der Waals surface area contributed by atoms with Gasteiger partial charge in [0.15, 0.2) is 23.4 Å². The second kappa shape index (κ2) is 5.91. The summed E-state index contributed by atoms with van der Waals surface area (Å²) in [4.78, 5) is 15.1. The fraction of sp³-hybridized carbons (Fsp3) is 0.417. The minimum Gasteiger partial charge on any atom is -0.436 e. The topological polar surface area (TPSA) is 101 Å². The fourth-order valence-corrected chi connectivity index (χ4v) is 1.86. The largest absolute Gasteiger partial charge is 0.436 e. The first-order valence-corrected chi connectivity index (χ1v) is 6.35. The summed E-state index contributed by atoms with van der Waals surface area (Å²) in [5.41, 5.74) is 0.515. The van der Waals surface area contributed by atoms with E-state index < -0.39 is 12.1 Å². The molecule has 0 saturated carbocycles. The van der Waals surface area contributed by atoms with E-state index in [2.05, 4.69) is 15.5 Å². The first-order chi connectivity index (χ1) is 9.51. The molecule has 2 heterocycles. The lowest BCUT2D eigenvalue weighted by molar-refractivity contribution is 0.103. The molecule has 8 heteroatoms. The molecule has 20 heavy (non-hydrogen) atoms. The summed E-state index contributed by atoms with van der Waals surface area (Å²) < 4.78 is 10.4. The van der Waals surface area contributed by atoms with Gasteiger partial charge in [-0.05, 0) is 13.3 Å². The number of aliphatic hydroxyl groups is 1. The number of oxazole rings is 1. The third-order valence-corrected chi connectivity index (χ3v) is 2.87. The Hall–Kier alpha value is -2.09. The zero-order chi connectivity index (χ0) is 14.7. The summed E-state index contributed by atoms with van der Waals surface area (Å²) in [7, 11) is 1.40. The molecule has 0 fully saturated rings. The molecule has 0 bridgehead atoms. The van der Waals surface area contributed by atoms with E-state index in [1.54, 1.807) is 13.0 Å². The van der Waals surface area contributed by atoms with Crippen LogP contribution in [-0.4, -0.2) is 34.9 Å². The van der Waals surface area contributed by atoms with Crippen molar-refractivity contribution >= 4 is 13.7 Å². The Kier molecular flexibility index (Phi) is 4.24. The summed E-state index contributed by atoms with van der Waals surface area (Å²) in [5.74, 6) is 0.993. The average molecular weight is 277 g/mol.